The molecule has 0 radical (unpaired) electrons. The minimum atomic E-state index is 0.404. The third-order valence-corrected chi connectivity index (χ3v) is 3.15. The van der Waals surface area contributed by atoms with Crippen molar-refractivity contribution in [3.63, 3.8) is 0 Å². The summed E-state index contributed by atoms with van der Waals surface area (Å²) >= 11 is 6.17. The number of allylic oxidation sites excluding steroid dienone is 1. The lowest BCUT2D eigenvalue weighted by Gasteiger charge is -2.18. The van der Waals surface area contributed by atoms with Gasteiger partial charge in [0.15, 0.2) is 0 Å². The van der Waals surface area contributed by atoms with Gasteiger partial charge in [-0.2, -0.15) is 0 Å². The number of rotatable bonds is 5. The molecule has 94 valence electrons. The molecule has 0 aromatic heterocycles. The van der Waals surface area contributed by atoms with E-state index in [9.17, 15) is 0 Å². The fourth-order valence-corrected chi connectivity index (χ4v) is 2.18. The Morgan fingerprint density at radius 1 is 1.35 bits per heavy atom. The van der Waals surface area contributed by atoms with Crippen molar-refractivity contribution in [2.24, 2.45) is 5.92 Å². The average molecular weight is 253 g/mol. The van der Waals surface area contributed by atoms with Crippen LogP contribution in [0.1, 0.15) is 37.8 Å². The summed E-state index contributed by atoms with van der Waals surface area (Å²) in [6.45, 7) is 10.3. The second-order valence-electron chi connectivity index (χ2n) is 4.76. The molecule has 1 atom stereocenters. The van der Waals surface area contributed by atoms with Crippen LogP contribution in [0.3, 0.4) is 0 Å². The van der Waals surface area contributed by atoms with Gasteiger partial charge in [-0.15, -0.1) is 6.58 Å². The number of halogens is 1. The highest BCUT2D eigenvalue weighted by atomic mass is 35.5. The Labute approximate surface area is 109 Å². The summed E-state index contributed by atoms with van der Waals surface area (Å²) in [5.41, 5.74) is 2.34. The van der Waals surface area contributed by atoms with Crippen LogP contribution in [-0.4, -0.2) is 7.11 Å². The molecule has 1 aromatic carbocycles. The van der Waals surface area contributed by atoms with Gasteiger partial charge >= 0.3 is 0 Å². The number of hydrogen-bond acceptors (Lipinski definition) is 1. The van der Waals surface area contributed by atoms with Crippen molar-refractivity contribution in [1.29, 1.82) is 0 Å². The molecule has 0 bridgehead atoms. The van der Waals surface area contributed by atoms with Gasteiger partial charge in [0.2, 0.25) is 0 Å². The van der Waals surface area contributed by atoms with Crippen LogP contribution in [0.2, 0.25) is 5.02 Å². The van der Waals surface area contributed by atoms with E-state index >= 15 is 0 Å². The Balaban J connectivity index is 3.22. The maximum Gasteiger partial charge on any atom is 0.125 e. The molecule has 0 N–H and O–H groups in total. The van der Waals surface area contributed by atoms with Crippen molar-refractivity contribution in [1.82, 2.24) is 0 Å². The predicted octanol–water partition coefficient (Wildman–Crippen LogP) is 4.84. The minimum absolute atomic E-state index is 0.404. The molecule has 0 saturated heterocycles. The van der Waals surface area contributed by atoms with Gasteiger partial charge in [0.1, 0.15) is 5.75 Å². The van der Waals surface area contributed by atoms with Crippen molar-refractivity contribution in [2.45, 2.75) is 33.1 Å². The van der Waals surface area contributed by atoms with E-state index in [1.54, 1.807) is 7.11 Å². The first-order valence-corrected chi connectivity index (χ1v) is 6.36. The van der Waals surface area contributed by atoms with E-state index in [0.29, 0.717) is 11.8 Å². The summed E-state index contributed by atoms with van der Waals surface area (Å²) in [6.07, 6.45) is 2.86. The Morgan fingerprint density at radius 2 is 2.00 bits per heavy atom. The van der Waals surface area contributed by atoms with Gasteiger partial charge < -0.3 is 4.74 Å². The summed E-state index contributed by atoms with van der Waals surface area (Å²) in [5.74, 6) is 1.79. The van der Waals surface area contributed by atoms with Gasteiger partial charge in [0.05, 0.1) is 7.11 Å². The lowest BCUT2D eigenvalue weighted by molar-refractivity contribution is 0.400. The predicted molar refractivity (Wildman–Crippen MR) is 75.2 cm³/mol. The van der Waals surface area contributed by atoms with Crippen LogP contribution in [0.5, 0.6) is 5.75 Å². The van der Waals surface area contributed by atoms with Gasteiger partial charge in [0, 0.05) is 5.02 Å². The van der Waals surface area contributed by atoms with E-state index in [2.05, 4.69) is 27.4 Å². The zero-order chi connectivity index (χ0) is 13.0. The fraction of sp³-hybridized carbons (Fsp3) is 0.467. The van der Waals surface area contributed by atoms with Crippen molar-refractivity contribution < 1.29 is 4.74 Å². The molecule has 0 aliphatic heterocycles. The van der Waals surface area contributed by atoms with E-state index in [0.717, 1.165) is 22.8 Å². The van der Waals surface area contributed by atoms with Crippen molar-refractivity contribution in [2.75, 3.05) is 7.11 Å². The van der Waals surface area contributed by atoms with E-state index < -0.39 is 0 Å². The van der Waals surface area contributed by atoms with Crippen LogP contribution in [-0.2, 0) is 6.42 Å². The van der Waals surface area contributed by atoms with E-state index in [1.165, 1.54) is 5.56 Å². The van der Waals surface area contributed by atoms with Crippen molar-refractivity contribution in [3.05, 3.63) is 40.9 Å². The van der Waals surface area contributed by atoms with Crippen LogP contribution < -0.4 is 4.74 Å². The Morgan fingerprint density at radius 3 is 2.47 bits per heavy atom. The van der Waals surface area contributed by atoms with Gasteiger partial charge in [-0.1, -0.05) is 38.4 Å². The van der Waals surface area contributed by atoms with Crippen LogP contribution in [0.25, 0.3) is 0 Å². The van der Waals surface area contributed by atoms with Crippen molar-refractivity contribution >= 4 is 11.6 Å². The Hall–Kier alpha value is -0.950. The highest BCUT2D eigenvalue weighted by Gasteiger charge is 2.14. The maximum atomic E-state index is 6.17. The topological polar surface area (TPSA) is 9.23 Å². The lowest BCUT2D eigenvalue weighted by atomic mass is 9.94. The summed E-state index contributed by atoms with van der Waals surface area (Å²) in [6, 6.07) is 3.99. The number of ether oxygens (including phenoxy) is 1. The number of hydrogen-bond donors (Lipinski definition) is 0. The summed E-state index contributed by atoms with van der Waals surface area (Å²) in [5, 5.41) is 0.778. The zero-order valence-corrected chi connectivity index (χ0v) is 11.8. The minimum Gasteiger partial charge on any atom is -0.496 e. The van der Waals surface area contributed by atoms with Gasteiger partial charge in [0.25, 0.3) is 0 Å². The number of benzene rings is 1. The van der Waals surface area contributed by atoms with Crippen LogP contribution >= 0.6 is 11.6 Å². The molecule has 2 heteroatoms. The van der Waals surface area contributed by atoms with Gasteiger partial charge in [-0.3, -0.25) is 0 Å². The molecule has 1 aromatic rings. The summed E-state index contributed by atoms with van der Waals surface area (Å²) in [4.78, 5) is 0. The standard InChI is InChI=1S/C15H21ClO/c1-6-11(4)7-12-8-13(16)9-14(10(2)3)15(12)17-5/h6,8-11H,1,7H2,2-5H3. The molecular formula is C15H21ClO. The first-order valence-electron chi connectivity index (χ1n) is 5.98. The first kappa shape index (κ1) is 14.1. The molecule has 17 heavy (non-hydrogen) atoms. The highest BCUT2D eigenvalue weighted by Crippen LogP contribution is 2.34. The van der Waals surface area contributed by atoms with Crippen LogP contribution in [0.15, 0.2) is 24.8 Å². The third kappa shape index (κ3) is 3.50. The molecule has 0 amide bonds. The molecule has 0 heterocycles. The third-order valence-electron chi connectivity index (χ3n) is 2.93. The SMILES string of the molecule is C=CC(C)Cc1cc(Cl)cc(C(C)C)c1OC. The number of methoxy groups -OCH3 is 1. The van der Waals surface area contributed by atoms with Gasteiger partial charge in [-0.05, 0) is 41.5 Å². The zero-order valence-electron chi connectivity index (χ0n) is 11.1. The second-order valence-corrected chi connectivity index (χ2v) is 5.20. The van der Waals surface area contributed by atoms with Crippen LogP contribution in [0, 0.1) is 5.92 Å². The van der Waals surface area contributed by atoms with Gasteiger partial charge in [-0.25, -0.2) is 0 Å². The molecule has 0 spiro atoms. The molecule has 1 nitrogen and oxygen atoms in total. The Kier molecular flexibility index (Phi) is 5.07. The van der Waals surface area contributed by atoms with Crippen molar-refractivity contribution in [3.8, 4) is 5.75 Å². The summed E-state index contributed by atoms with van der Waals surface area (Å²) in [7, 11) is 1.72. The monoisotopic (exact) mass is 252 g/mol. The second kappa shape index (κ2) is 6.11. The molecule has 0 saturated carbocycles. The van der Waals surface area contributed by atoms with E-state index in [-0.39, 0.29) is 0 Å². The average Bonchev–Trinajstić information content (AvgIpc) is 2.28. The first-order chi connectivity index (χ1) is 7.99. The normalized spacial score (nSPS) is 12.6. The fourth-order valence-electron chi connectivity index (χ4n) is 1.93. The quantitative estimate of drug-likeness (QED) is 0.682. The Bertz CT molecular complexity index is 396. The molecule has 1 unspecified atom stereocenters. The lowest BCUT2D eigenvalue weighted by Crippen LogP contribution is -2.03. The maximum absolute atomic E-state index is 6.17. The van der Waals surface area contributed by atoms with E-state index in [1.807, 2.05) is 18.2 Å². The van der Waals surface area contributed by atoms with E-state index in [4.69, 9.17) is 16.3 Å². The molecule has 0 aliphatic rings. The summed E-state index contributed by atoms with van der Waals surface area (Å²) < 4.78 is 5.55. The molecular weight excluding hydrogens is 232 g/mol. The molecule has 0 aliphatic carbocycles. The largest absolute Gasteiger partial charge is 0.496 e. The van der Waals surface area contributed by atoms with Crippen LogP contribution in [0.4, 0.5) is 0 Å². The highest BCUT2D eigenvalue weighted by molar-refractivity contribution is 6.30. The smallest absolute Gasteiger partial charge is 0.125 e. The molecule has 0 fully saturated rings. The molecule has 1 rings (SSSR count).